The van der Waals surface area contributed by atoms with Crippen LogP contribution in [-0.4, -0.2) is 5.91 Å². The highest BCUT2D eigenvalue weighted by molar-refractivity contribution is 6.11. The number of anilines is 1. The van der Waals surface area contributed by atoms with Gasteiger partial charge in [0.05, 0.1) is 0 Å². The van der Waals surface area contributed by atoms with Gasteiger partial charge in [-0.1, -0.05) is 84.9 Å². The zero-order valence-electron chi connectivity index (χ0n) is 20.8. The Kier molecular flexibility index (Phi) is 6.70. The number of aryl methyl sites for hydroxylation is 1. The van der Waals surface area contributed by atoms with Crippen LogP contribution < -0.4 is 10.1 Å². The van der Waals surface area contributed by atoms with E-state index in [9.17, 15) is 10.1 Å². The highest BCUT2D eigenvalue weighted by atomic mass is 16.5. The van der Waals surface area contributed by atoms with Gasteiger partial charge in [-0.15, -0.1) is 0 Å². The Labute approximate surface area is 216 Å². The van der Waals surface area contributed by atoms with Gasteiger partial charge < -0.3 is 10.1 Å². The number of nitrogens with zero attached hydrogens (tertiary/aromatic N) is 1. The van der Waals surface area contributed by atoms with Crippen molar-refractivity contribution in [2.45, 2.75) is 20.5 Å². The average Bonchev–Trinajstić information content (AvgIpc) is 2.93. The molecule has 0 aromatic heterocycles. The SMILES string of the molecule is Cc1cccc(NC(=O)/C(C#N)=C/c2c(OCc3cccc4ccccc34)ccc3ccccc23)c1C. The molecule has 0 saturated carbocycles. The van der Waals surface area contributed by atoms with Crippen LogP contribution in [-0.2, 0) is 11.4 Å². The molecule has 0 aliphatic carbocycles. The van der Waals surface area contributed by atoms with E-state index in [1.807, 2.05) is 86.6 Å². The van der Waals surface area contributed by atoms with Crippen molar-refractivity contribution >= 4 is 39.2 Å². The first kappa shape index (κ1) is 23.8. The molecule has 4 heteroatoms. The molecule has 1 amide bonds. The van der Waals surface area contributed by atoms with E-state index in [-0.39, 0.29) is 5.57 Å². The largest absolute Gasteiger partial charge is 0.488 e. The quantitative estimate of drug-likeness (QED) is 0.199. The van der Waals surface area contributed by atoms with Crippen molar-refractivity contribution in [3.63, 3.8) is 0 Å². The smallest absolute Gasteiger partial charge is 0.266 e. The van der Waals surface area contributed by atoms with E-state index in [1.54, 1.807) is 6.08 Å². The van der Waals surface area contributed by atoms with Gasteiger partial charge in [-0.2, -0.15) is 5.26 Å². The Bertz CT molecular complexity index is 1700. The Balaban J connectivity index is 1.52. The van der Waals surface area contributed by atoms with Crippen LogP contribution >= 0.6 is 0 Å². The maximum atomic E-state index is 13.1. The van der Waals surface area contributed by atoms with Gasteiger partial charge in [-0.25, -0.2) is 0 Å². The van der Waals surface area contributed by atoms with Crippen molar-refractivity contribution in [2.75, 3.05) is 5.32 Å². The summed E-state index contributed by atoms with van der Waals surface area (Å²) in [5, 5.41) is 17.0. The first-order valence-electron chi connectivity index (χ1n) is 12.2. The third kappa shape index (κ3) is 4.94. The molecule has 1 N–H and O–H groups in total. The molecule has 0 aliphatic rings. The van der Waals surface area contributed by atoms with Crippen LogP contribution in [0.5, 0.6) is 5.75 Å². The summed E-state index contributed by atoms with van der Waals surface area (Å²) >= 11 is 0. The molecule has 180 valence electrons. The van der Waals surface area contributed by atoms with Gasteiger partial charge in [0.2, 0.25) is 0 Å². The maximum Gasteiger partial charge on any atom is 0.266 e. The van der Waals surface area contributed by atoms with Crippen LogP contribution in [0.4, 0.5) is 5.69 Å². The first-order valence-corrected chi connectivity index (χ1v) is 12.2. The Morgan fingerprint density at radius 3 is 2.30 bits per heavy atom. The monoisotopic (exact) mass is 482 g/mol. The number of benzene rings is 5. The van der Waals surface area contributed by atoms with Crippen LogP contribution in [0.2, 0.25) is 0 Å². The van der Waals surface area contributed by atoms with Gasteiger partial charge in [0.1, 0.15) is 24.0 Å². The fraction of sp³-hybridized carbons (Fsp3) is 0.0909. The van der Waals surface area contributed by atoms with E-state index in [0.717, 1.165) is 38.2 Å². The number of hydrogen-bond acceptors (Lipinski definition) is 3. The van der Waals surface area contributed by atoms with Crippen molar-refractivity contribution in [1.29, 1.82) is 5.26 Å². The lowest BCUT2D eigenvalue weighted by molar-refractivity contribution is -0.112. The van der Waals surface area contributed by atoms with Crippen LogP contribution in [0.3, 0.4) is 0 Å². The highest BCUT2D eigenvalue weighted by Gasteiger charge is 2.15. The lowest BCUT2D eigenvalue weighted by atomic mass is 10.0. The maximum absolute atomic E-state index is 13.1. The fourth-order valence-electron chi connectivity index (χ4n) is 4.49. The predicted octanol–water partition coefficient (Wildman–Crippen LogP) is 7.73. The van der Waals surface area contributed by atoms with Crippen LogP contribution in [0.25, 0.3) is 27.6 Å². The van der Waals surface area contributed by atoms with Gasteiger partial charge in [-0.05, 0) is 70.3 Å². The van der Waals surface area contributed by atoms with Crippen LogP contribution in [0.1, 0.15) is 22.3 Å². The van der Waals surface area contributed by atoms with E-state index < -0.39 is 5.91 Å². The van der Waals surface area contributed by atoms with Crippen LogP contribution in [0, 0.1) is 25.2 Å². The molecule has 0 fully saturated rings. The molecule has 0 aliphatic heterocycles. The second-order valence-electron chi connectivity index (χ2n) is 9.00. The zero-order chi connectivity index (χ0) is 25.8. The number of carbonyl (C=O) groups excluding carboxylic acids is 1. The van der Waals surface area contributed by atoms with Gasteiger partial charge in [0.25, 0.3) is 5.91 Å². The summed E-state index contributed by atoms with van der Waals surface area (Å²) in [7, 11) is 0. The second-order valence-corrected chi connectivity index (χ2v) is 9.00. The molecule has 37 heavy (non-hydrogen) atoms. The molecular formula is C33H26N2O2. The molecule has 5 aromatic carbocycles. The minimum absolute atomic E-state index is 0.00673. The fourth-order valence-corrected chi connectivity index (χ4v) is 4.49. The molecule has 5 aromatic rings. The van der Waals surface area contributed by atoms with E-state index in [2.05, 4.69) is 35.7 Å². The number of nitrogens with one attached hydrogen (secondary N) is 1. The lowest BCUT2D eigenvalue weighted by Crippen LogP contribution is -2.14. The molecule has 5 rings (SSSR count). The average molecular weight is 483 g/mol. The number of amides is 1. The Morgan fingerprint density at radius 2 is 1.51 bits per heavy atom. The van der Waals surface area contributed by atoms with Crippen molar-refractivity contribution < 1.29 is 9.53 Å². The van der Waals surface area contributed by atoms with Gasteiger partial charge in [-0.3, -0.25) is 4.79 Å². The number of nitriles is 1. The van der Waals surface area contributed by atoms with Gasteiger partial charge >= 0.3 is 0 Å². The highest BCUT2D eigenvalue weighted by Crippen LogP contribution is 2.32. The number of ether oxygens (including phenoxy) is 1. The first-order chi connectivity index (χ1) is 18.0. The Hall–Kier alpha value is -4.88. The third-order valence-corrected chi connectivity index (χ3v) is 6.70. The predicted molar refractivity (Wildman–Crippen MR) is 150 cm³/mol. The van der Waals surface area contributed by atoms with E-state index in [1.165, 1.54) is 0 Å². The summed E-state index contributed by atoms with van der Waals surface area (Å²) in [5.74, 6) is 0.156. The standard InChI is InChI=1S/C33H26N2O2/c1-22-9-7-16-31(23(22)2)35-33(36)27(20-34)19-30-29-15-6-4-11-25(29)17-18-32(30)37-21-26-13-8-12-24-10-3-5-14-28(24)26/h3-19H,21H2,1-2H3,(H,35,36)/b27-19+. The molecule has 0 bridgehead atoms. The number of hydrogen-bond donors (Lipinski definition) is 1. The van der Waals surface area contributed by atoms with Gasteiger partial charge in [0.15, 0.2) is 0 Å². The molecule has 0 saturated heterocycles. The number of carbonyl (C=O) groups is 1. The van der Waals surface area contributed by atoms with Crippen molar-refractivity contribution in [2.24, 2.45) is 0 Å². The van der Waals surface area contributed by atoms with E-state index in [4.69, 9.17) is 4.74 Å². The number of rotatable bonds is 6. The minimum Gasteiger partial charge on any atom is -0.488 e. The summed E-state index contributed by atoms with van der Waals surface area (Å²) in [6.45, 7) is 4.30. The third-order valence-electron chi connectivity index (χ3n) is 6.70. The second kappa shape index (κ2) is 10.4. The summed E-state index contributed by atoms with van der Waals surface area (Å²) < 4.78 is 6.33. The Morgan fingerprint density at radius 1 is 0.838 bits per heavy atom. The number of fused-ring (bicyclic) bond motifs is 2. The van der Waals surface area contributed by atoms with Gasteiger partial charge in [0, 0.05) is 11.3 Å². The summed E-state index contributed by atoms with van der Waals surface area (Å²) in [4.78, 5) is 13.1. The van der Waals surface area contributed by atoms with Crippen LogP contribution in [0.15, 0.2) is 103 Å². The molecule has 4 nitrogen and oxygen atoms in total. The lowest BCUT2D eigenvalue weighted by Gasteiger charge is -2.14. The summed E-state index contributed by atoms with van der Waals surface area (Å²) in [6.07, 6.45) is 1.63. The normalized spacial score (nSPS) is 11.3. The molecule has 0 spiro atoms. The summed E-state index contributed by atoms with van der Waals surface area (Å²) in [6, 6.07) is 33.9. The topological polar surface area (TPSA) is 62.1 Å². The van der Waals surface area contributed by atoms with Crippen molar-refractivity contribution in [1.82, 2.24) is 0 Å². The van der Waals surface area contributed by atoms with E-state index >= 15 is 0 Å². The summed E-state index contributed by atoms with van der Waals surface area (Å²) in [5.41, 5.74) is 4.50. The van der Waals surface area contributed by atoms with E-state index in [0.29, 0.717) is 23.6 Å². The van der Waals surface area contributed by atoms with Crippen molar-refractivity contribution in [3.8, 4) is 11.8 Å². The molecule has 0 atom stereocenters. The zero-order valence-corrected chi connectivity index (χ0v) is 20.8. The molecule has 0 unspecified atom stereocenters. The molecule has 0 heterocycles. The molecular weight excluding hydrogens is 456 g/mol. The minimum atomic E-state index is -0.455. The molecule has 0 radical (unpaired) electrons. The van der Waals surface area contributed by atoms with Crippen molar-refractivity contribution in [3.05, 3.63) is 125 Å².